The lowest BCUT2D eigenvalue weighted by Gasteiger charge is -2.26. The van der Waals surface area contributed by atoms with E-state index in [4.69, 9.17) is 20.9 Å². The molecular formula is C22H19BrClFN2O3. The van der Waals surface area contributed by atoms with Gasteiger partial charge >= 0.3 is 0 Å². The van der Waals surface area contributed by atoms with Crippen LogP contribution in [0.1, 0.15) is 24.1 Å². The van der Waals surface area contributed by atoms with Gasteiger partial charge in [-0.25, -0.2) is 4.39 Å². The molecule has 0 fully saturated rings. The highest BCUT2D eigenvalue weighted by atomic mass is 79.9. The van der Waals surface area contributed by atoms with Crippen LogP contribution in [-0.4, -0.2) is 29.1 Å². The molecule has 1 amide bonds. The second-order valence-corrected chi connectivity index (χ2v) is 8.33. The Labute approximate surface area is 186 Å². The molecule has 0 atom stereocenters. The van der Waals surface area contributed by atoms with Crippen LogP contribution < -0.4 is 4.74 Å². The molecule has 1 aliphatic heterocycles. The van der Waals surface area contributed by atoms with Gasteiger partial charge < -0.3 is 14.2 Å². The van der Waals surface area contributed by atoms with Crippen LogP contribution in [0.5, 0.6) is 5.75 Å². The summed E-state index contributed by atoms with van der Waals surface area (Å²) >= 11 is 9.34. The Morgan fingerprint density at radius 1 is 1.27 bits per heavy atom. The van der Waals surface area contributed by atoms with Crippen molar-refractivity contribution in [2.24, 2.45) is 0 Å². The lowest BCUT2D eigenvalue weighted by atomic mass is 10.0. The largest absolute Gasteiger partial charge is 0.492 e. The van der Waals surface area contributed by atoms with Crippen LogP contribution in [0.25, 0.3) is 11.3 Å². The standard InChI is InChI=1S/C22H19BrClFN2O3/c23-18-12-15(24)5-8-20(18)29-11-1-2-21(28)27-10-9-19-17(13-27)22(30-26-19)14-3-6-16(25)7-4-14/h3-8,12H,1-2,9-11,13H2. The van der Waals surface area contributed by atoms with Crippen molar-refractivity contribution in [3.05, 3.63) is 69.0 Å². The minimum Gasteiger partial charge on any atom is -0.492 e. The molecule has 30 heavy (non-hydrogen) atoms. The number of ether oxygens (including phenoxy) is 1. The number of carbonyl (C=O) groups excluding carboxylic acids is 1. The first-order valence-corrected chi connectivity index (χ1v) is 10.8. The van der Waals surface area contributed by atoms with Gasteiger partial charge in [0.05, 0.1) is 23.3 Å². The first-order chi connectivity index (χ1) is 14.5. The number of rotatable bonds is 6. The van der Waals surface area contributed by atoms with Gasteiger partial charge in [-0.2, -0.15) is 0 Å². The Kier molecular flexibility index (Phi) is 6.39. The molecule has 156 valence electrons. The van der Waals surface area contributed by atoms with Crippen molar-refractivity contribution in [3.63, 3.8) is 0 Å². The van der Waals surface area contributed by atoms with Gasteiger partial charge in [0, 0.05) is 35.5 Å². The zero-order valence-electron chi connectivity index (χ0n) is 16.0. The van der Waals surface area contributed by atoms with Crippen molar-refractivity contribution in [2.45, 2.75) is 25.8 Å². The van der Waals surface area contributed by atoms with Crippen molar-refractivity contribution in [3.8, 4) is 17.1 Å². The van der Waals surface area contributed by atoms with Crippen molar-refractivity contribution < 1.29 is 18.4 Å². The molecule has 0 aliphatic carbocycles. The Balaban J connectivity index is 1.33. The van der Waals surface area contributed by atoms with Crippen molar-refractivity contribution in [1.82, 2.24) is 10.1 Å². The number of aromatic nitrogens is 1. The molecule has 0 N–H and O–H groups in total. The molecule has 1 aliphatic rings. The predicted octanol–water partition coefficient (Wildman–Crippen LogP) is 5.64. The molecule has 2 aromatic carbocycles. The number of fused-ring (bicyclic) bond motifs is 1. The topological polar surface area (TPSA) is 55.6 Å². The summed E-state index contributed by atoms with van der Waals surface area (Å²) in [5, 5.41) is 4.76. The SMILES string of the molecule is O=C(CCCOc1ccc(Cl)cc1Br)N1CCc2noc(-c3ccc(F)cc3)c2C1. The molecular weight excluding hydrogens is 475 g/mol. The minimum atomic E-state index is -0.309. The summed E-state index contributed by atoms with van der Waals surface area (Å²) in [4.78, 5) is 14.5. The molecule has 0 bridgehead atoms. The molecule has 3 aromatic rings. The fraction of sp³-hybridized carbons (Fsp3) is 0.273. The van der Waals surface area contributed by atoms with Crippen LogP contribution in [0.2, 0.25) is 5.02 Å². The Morgan fingerprint density at radius 3 is 2.83 bits per heavy atom. The minimum absolute atomic E-state index is 0.0608. The van der Waals surface area contributed by atoms with Gasteiger partial charge in [-0.15, -0.1) is 0 Å². The number of hydrogen-bond acceptors (Lipinski definition) is 4. The van der Waals surface area contributed by atoms with Crippen LogP contribution in [0.3, 0.4) is 0 Å². The molecule has 0 saturated carbocycles. The molecule has 0 saturated heterocycles. The quantitative estimate of drug-likeness (QED) is 0.417. The van der Waals surface area contributed by atoms with E-state index in [1.54, 1.807) is 30.3 Å². The highest BCUT2D eigenvalue weighted by Gasteiger charge is 2.27. The fourth-order valence-corrected chi connectivity index (χ4v) is 4.21. The summed E-state index contributed by atoms with van der Waals surface area (Å²) in [5.41, 5.74) is 2.50. The number of amides is 1. The first kappa shape index (κ1) is 20.9. The van der Waals surface area contributed by atoms with Crippen LogP contribution in [-0.2, 0) is 17.8 Å². The number of nitrogens with zero attached hydrogens (tertiary/aromatic N) is 2. The molecule has 1 aromatic heterocycles. The molecule has 5 nitrogen and oxygen atoms in total. The van der Waals surface area contributed by atoms with Gasteiger partial charge in [0.15, 0.2) is 5.76 Å². The molecule has 0 radical (unpaired) electrons. The smallest absolute Gasteiger partial charge is 0.223 e. The van der Waals surface area contributed by atoms with Gasteiger partial charge in [0.2, 0.25) is 5.91 Å². The van der Waals surface area contributed by atoms with E-state index in [1.165, 1.54) is 12.1 Å². The molecule has 4 rings (SSSR count). The third kappa shape index (κ3) is 4.68. The lowest BCUT2D eigenvalue weighted by molar-refractivity contribution is -0.132. The van der Waals surface area contributed by atoms with E-state index in [0.29, 0.717) is 55.5 Å². The number of hydrogen-bond donors (Lipinski definition) is 0. The maximum Gasteiger partial charge on any atom is 0.223 e. The number of carbonyl (C=O) groups is 1. The van der Waals surface area contributed by atoms with Crippen molar-refractivity contribution in [1.29, 1.82) is 0 Å². The van der Waals surface area contributed by atoms with Crippen molar-refractivity contribution >= 4 is 33.4 Å². The Morgan fingerprint density at radius 2 is 2.07 bits per heavy atom. The van der Waals surface area contributed by atoms with E-state index >= 15 is 0 Å². The summed E-state index contributed by atoms with van der Waals surface area (Å²) in [7, 11) is 0. The van der Waals surface area contributed by atoms with Crippen LogP contribution in [0.4, 0.5) is 4.39 Å². The zero-order valence-corrected chi connectivity index (χ0v) is 18.4. The van der Waals surface area contributed by atoms with E-state index in [-0.39, 0.29) is 11.7 Å². The summed E-state index contributed by atoms with van der Waals surface area (Å²) < 4.78 is 25.2. The zero-order chi connectivity index (χ0) is 21.1. The van der Waals surface area contributed by atoms with E-state index in [0.717, 1.165) is 21.3 Å². The average molecular weight is 494 g/mol. The number of halogens is 3. The number of benzene rings is 2. The highest BCUT2D eigenvalue weighted by molar-refractivity contribution is 9.10. The van der Waals surface area contributed by atoms with E-state index < -0.39 is 0 Å². The van der Waals surface area contributed by atoms with Gasteiger partial charge in [0.25, 0.3) is 0 Å². The second-order valence-electron chi connectivity index (χ2n) is 7.04. The lowest BCUT2D eigenvalue weighted by Crippen LogP contribution is -2.36. The summed E-state index contributed by atoms with van der Waals surface area (Å²) in [6.45, 7) is 1.47. The first-order valence-electron chi connectivity index (χ1n) is 9.60. The van der Waals surface area contributed by atoms with Gasteiger partial charge in [-0.1, -0.05) is 16.8 Å². The normalized spacial score (nSPS) is 13.2. The van der Waals surface area contributed by atoms with Crippen LogP contribution in [0.15, 0.2) is 51.5 Å². The van der Waals surface area contributed by atoms with Gasteiger partial charge in [0.1, 0.15) is 11.6 Å². The average Bonchev–Trinajstić information content (AvgIpc) is 3.16. The summed E-state index contributed by atoms with van der Waals surface area (Å²) in [6.07, 6.45) is 1.63. The van der Waals surface area contributed by atoms with E-state index in [2.05, 4.69) is 21.1 Å². The Bertz CT molecular complexity index is 1060. The molecule has 0 unspecified atom stereocenters. The Hall–Kier alpha value is -2.38. The third-order valence-electron chi connectivity index (χ3n) is 4.98. The third-order valence-corrected chi connectivity index (χ3v) is 5.84. The maximum absolute atomic E-state index is 13.2. The molecule has 8 heteroatoms. The van der Waals surface area contributed by atoms with E-state index in [1.807, 2.05) is 4.90 Å². The van der Waals surface area contributed by atoms with E-state index in [9.17, 15) is 9.18 Å². The highest BCUT2D eigenvalue weighted by Crippen LogP contribution is 2.31. The summed E-state index contributed by atoms with van der Waals surface area (Å²) in [6, 6.07) is 11.4. The fourth-order valence-electron chi connectivity index (χ4n) is 3.41. The van der Waals surface area contributed by atoms with Gasteiger partial charge in [-0.05, 0) is 64.8 Å². The summed E-state index contributed by atoms with van der Waals surface area (Å²) in [5.74, 6) is 1.05. The van der Waals surface area contributed by atoms with Crippen LogP contribution >= 0.6 is 27.5 Å². The molecule has 2 heterocycles. The second kappa shape index (κ2) is 9.18. The van der Waals surface area contributed by atoms with Gasteiger partial charge in [-0.3, -0.25) is 4.79 Å². The molecule has 0 spiro atoms. The van der Waals surface area contributed by atoms with Crippen LogP contribution in [0, 0.1) is 5.82 Å². The maximum atomic E-state index is 13.2. The van der Waals surface area contributed by atoms with Crippen molar-refractivity contribution in [2.75, 3.05) is 13.2 Å². The monoisotopic (exact) mass is 492 g/mol. The predicted molar refractivity (Wildman–Crippen MR) is 115 cm³/mol.